The molecule has 0 aromatic rings. The highest BCUT2D eigenvalue weighted by atomic mass is 16.2. The van der Waals surface area contributed by atoms with Crippen molar-refractivity contribution in [2.45, 2.75) is 40.7 Å². The van der Waals surface area contributed by atoms with Crippen LogP contribution in [0.15, 0.2) is 11.6 Å². The van der Waals surface area contributed by atoms with Crippen molar-refractivity contribution in [1.29, 1.82) is 0 Å². The molecule has 0 saturated heterocycles. The number of hydrogen-bond donors (Lipinski definition) is 0. The SMILES string of the molecule is CC(=O)N(C(=O)C=C(C)C)C(C)C. The van der Waals surface area contributed by atoms with Crippen LogP contribution in [0.5, 0.6) is 0 Å². The maximum Gasteiger partial charge on any atom is 0.253 e. The molecule has 0 aromatic carbocycles. The van der Waals surface area contributed by atoms with Gasteiger partial charge in [0, 0.05) is 19.0 Å². The van der Waals surface area contributed by atoms with Gasteiger partial charge in [0.05, 0.1) is 0 Å². The molecule has 0 atom stereocenters. The lowest BCUT2D eigenvalue weighted by Gasteiger charge is -2.21. The second-order valence-corrected chi connectivity index (χ2v) is 3.54. The minimum absolute atomic E-state index is 0.0828. The zero-order valence-electron chi connectivity index (χ0n) is 8.92. The van der Waals surface area contributed by atoms with Crippen molar-refractivity contribution in [3.05, 3.63) is 11.6 Å². The van der Waals surface area contributed by atoms with Crippen molar-refractivity contribution < 1.29 is 9.59 Å². The van der Waals surface area contributed by atoms with E-state index >= 15 is 0 Å². The molecular weight excluding hydrogens is 166 g/mol. The first-order valence-corrected chi connectivity index (χ1v) is 4.35. The van der Waals surface area contributed by atoms with Crippen molar-refractivity contribution in [3.8, 4) is 0 Å². The number of carbonyl (C=O) groups is 2. The van der Waals surface area contributed by atoms with E-state index in [1.165, 1.54) is 17.9 Å². The fraction of sp³-hybridized carbons (Fsp3) is 0.600. The molecule has 0 aromatic heterocycles. The molecule has 0 aliphatic carbocycles. The van der Waals surface area contributed by atoms with Crippen molar-refractivity contribution >= 4 is 11.8 Å². The van der Waals surface area contributed by atoms with Gasteiger partial charge in [0.15, 0.2) is 0 Å². The molecule has 0 heterocycles. The molecule has 0 saturated carbocycles. The van der Waals surface area contributed by atoms with Gasteiger partial charge in [-0.1, -0.05) is 5.57 Å². The standard InChI is InChI=1S/C10H17NO2/c1-7(2)6-10(13)11(8(3)4)9(5)12/h6,8H,1-5H3. The van der Waals surface area contributed by atoms with E-state index < -0.39 is 0 Å². The molecule has 0 rings (SSSR count). The Kier molecular flexibility index (Phi) is 4.38. The van der Waals surface area contributed by atoms with E-state index in [0.717, 1.165) is 5.57 Å². The van der Waals surface area contributed by atoms with Crippen LogP contribution in [0.1, 0.15) is 34.6 Å². The second kappa shape index (κ2) is 4.80. The van der Waals surface area contributed by atoms with E-state index in [2.05, 4.69) is 0 Å². The first kappa shape index (κ1) is 11.9. The normalized spacial score (nSPS) is 9.69. The average molecular weight is 183 g/mol. The fourth-order valence-electron chi connectivity index (χ4n) is 1.09. The molecule has 3 heteroatoms. The number of rotatable bonds is 2. The monoisotopic (exact) mass is 183 g/mol. The number of nitrogens with zero attached hydrogens (tertiary/aromatic N) is 1. The fourth-order valence-corrected chi connectivity index (χ4v) is 1.09. The Morgan fingerprint density at radius 3 is 1.85 bits per heavy atom. The van der Waals surface area contributed by atoms with Crippen molar-refractivity contribution in [2.75, 3.05) is 0 Å². The molecule has 2 amide bonds. The number of amides is 2. The third kappa shape index (κ3) is 3.87. The van der Waals surface area contributed by atoms with Crippen LogP contribution in [0, 0.1) is 0 Å². The zero-order valence-corrected chi connectivity index (χ0v) is 8.92. The maximum atomic E-state index is 11.5. The molecule has 0 N–H and O–H groups in total. The first-order valence-electron chi connectivity index (χ1n) is 4.35. The van der Waals surface area contributed by atoms with Crippen molar-refractivity contribution in [2.24, 2.45) is 0 Å². The number of hydrogen-bond acceptors (Lipinski definition) is 2. The van der Waals surface area contributed by atoms with E-state index in [1.807, 2.05) is 27.7 Å². The van der Waals surface area contributed by atoms with Crippen LogP contribution in [-0.4, -0.2) is 22.8 Å². The van der Waals surface area contributed by atoms with Gasteiger partial charge >= 0.3 is 0 Å². The lowest BCUT2D eigenvalue weighted by molar-refractivity contribution is -0.142. The van der Waals surface area contributed by atoms with Gasteiger partial charge in [0.2, 0.25) is 5.91 Å². The van der Waals surface area contributed by atoms with Crippen molar-refractivity contribution in [1.82, 2.24) is 4.90 Å². The minimum atomic E-state index is -0.234. The number of imide groups is 1. The molecule has 0 unspecified atom stereocenters. The summed E-state index contributed by atoms with van der Waals surface area (Å²) in [5.74, 6) is -0.444. The minimum Gasteiger partial charge on any atom is -0.277 e. The highest BCUT2D eigenvalue weighted by molar-refractivity contribution is 6.00. The summed E-state index contributed by atoms with van der Waals surface area (Å²) in [4.78, 5) is 23.8. The van der Waals surface area contributed by atoms with Gasteiger partial charge in [0.25, 0.3) is 5.91 Å². The van der Waals surface area contributed by atoms with Crippen LogP contribution in [0.4, 0.5) is 0 Å². The van der Waals surface area contributed by atoms with Crippen LogP contribution >= 0.6 is 0 Å². The lowest BCUT2D eigenvalue weighted by atomic mass is 10.2. The highest BCUT2D eigenvalue weighted by Gasteiger charge is 2.18. The summed E-state index contributed by atoms with van der Waals surface area (Å²) in [6.07, 6.45) is 1.47. The quantitative estimate of drug-likeness (QED) is 0.611. The molecule has 13 heavy (non-hydrogen) atoms. The molecule has 0 bridgehead atoms. The van der Waals surface area contributed by atoms with E-state index in [1.54, 1.807) is 0 Å². The molecule has 0 fully saturated rings. The van der Waals surface area contributed by atoms with Gasteiger partial charge in [-0.05, 0) is 27.7 Å². The molecule has 0 aliphatic heterocycles. The Morgan fingerprint density at radius 2 is 1.62 bits per heavy atom. The summed E-state index contributed by atoms with van der Waals surface area (Å²) in [5, 5.41) is 0. The summed E-state index contributed by atoms with van der Waals surface area (Å²) in [6.45, 7) is 8.69. The zero-order chi connectivity index (χ0) is 10.6. The Balaban J connectivity index is 4.67. The first-order chi connectivity index (χ1) is 5.86. The summed E-state index contributed by atoms with van der Waals surface area (Å²) < 4.78 is 0. The van der Waals surface area contributed by atoms with Gasteiger partial charge in [-0.3, -0.25) is 14.5 Å². The lowest BCUT2D eigenvalue weighted by Crippen LogP contribution is -2.39. The number of allylic oxidation sites excluding steroid dienone is 1. The van der Waals surface area contributed by atoms with Gasteiger partial charge in [-0.25, -0.2) is 0 Å². The third-order valence-corrected chi connectivity index (χ3v) is 1.51. The third-order valence-electron chi connectivity index (χ3n) is 1.51. The smallest absolute Gasteiger partial charge is 0.253 e. The van der Waals surface area contributed by atoms with Crippen LogP contribution < -0.4 is 0 Å². The van der Waals surface area contributed by atoms with Crippen LogP contribution in [0.25, 0.3) is 0 Å². The predicted octanol–water partition coefficient (Wildman–Crippen LogP) is 1.74. The molecule has 0 aliphatic rings. The van der Waals surface area contributed by atoms with Gasteiger partial charge in [0.1, 0.15) is 0 Å². The Labute approximate surface area is 79.4 Å². The van der Waals surface area contributed by atoms with Crippen molar-refractivity contribution in [3.63, 3.8) is 0 Å². The molecule has 74 valence electrons. The van der Waals surface area contributed by atoms with E-state index in [0.29, 0.717) is 0 Å². The van der Waals surface area contributed by atoms with Crippen LogP contribution in [0.2, 0.25) is 0 Å². The summed E-state index contributed by atoms with van der Waals surface area (Å²) in [6, 6.07) is -0.0828. The highest BCUT2D eigenvalue weighted by Crippen LogP contribution is 2.02. The molecule has 3 nitrogen and oxygen atoms in total. The van der Waals surface area contributed by atoms with Gasteiger partial charge in [-0.15, -0.1) is 0 Å². The predicted molar refractivity (Wildman–Crippen MR) is 52.1 cm³/mol. The Morgan fingerprint density at radius 1 is 1.15 bits per heavy atom. The van der Waals surface area contributed by atoms with Crippen LogP contribution in [-0.2, 0) is 9.59 Å². The second-order valence-electron chi connectivity index (χ2n) is 3.54. The van der Waals surface area contributed by atoms with E-state index in [9.17, 15) is 9.59 Å². The summed E-state index contributed by atoms with van der Waals surface area (Å²) in [7, 11) is 0. The Hall–Kier alpha value is -1.12. The van der Waals surface area contributed by atoms with Crippen LogP contribution in [0.3, 0.4) is 0 Å². The maximum absolute atomic E-state index is 11.5. The summed E-state index contributed by atoms with van der Waals surface area (Å²) >= 11 is 0. The number of carbonyl (C=O) groups excluding carboxylic acids is 2. The van der Waals surface area contributed by atoms with Gasteiger partial charge in [-0.2, -0.15) is 0 Å². The molecule has 0 spiro atoms. The topological polar surface area (TPSA) is 37.4 Å². The summed E-state index contributed by atoms with van der Waals surface area (Å²) in [5.41, 5.74) is 0.900. The van der Waals surface area contributed by atoms with E-state index in [4.69, 9.17) is 0 Å². The van der Waals surface area contributed by atoms with Gasteiger partial charge < -0.3 is 0 Å². The largest absolute Gasteiger partial charge is 0.277 e. The molecular formula is C10H17NO2. The average Bonchev–Trinajstić information content (AvgIpc) is 1.81. The van der Waals surface area contributed by atoms with E-state index in [-0.39, 0.29) is 17.9 Å². The molecule has 0 radical (unpaired) electrons. The Bertz CT molecular complexity index is 237.